The van der Waals surface area contributed by atoms with Gasteiger partial charge in [0, 0.05) is 73.8 Å². The van der Waals surface area contributed by atoms with Crippen molar-refractivity contribution in [3.05, 3.63) is 95.8 Å². The third kappa shape index (κ3) is 13.5. The van der Waals surface area contributed by atoms with E-state index in [-0.39, 0.29) is 57.4 Å². The fourth-order valence-electron chi connectivity index (χ4n) is 6.70. The number of hydrogen-bond donors (Lipinski definition) is 5. The Hall–Kier alpha value is -5.95. The zero-order chi connectivity index (χ0) is 45.1. The Bertz CT molecular complexity index is 2070. The predicted octanol–water partition coefficient (Wildman–Crippen LogP) is 3.61. The average molecular weight is 861 g/mol. The van der Waals surface area contributed by atoms with E-state index in [9.17, 15) is 55.8 Å². The number of unbranched alkanes of at least 4 members (excludes halogenated alkanes) is 1. The number of benzene rings is 2. The van der Waals surface area contributed by atoms with Crippen LogP contribution < -0.4 is 21.7 Å². The van der Waals surface area contributed by atoms with E-state index in [1.54, 1.807) is 16.8 Å². The summed E-state index contributed by atoms with van der Waals surface area (Å²) < 4.78 is 74.0. The molecule has 0 fully saturated rings. The van der Waals surface area contributed by atoms with Gasteiger partial charge in [0.1, 0.15) is 17.7 Å². The summed E-state index contributed by atoms with van der Waals surface area (Å²) in [5, 5.41) is 18.9. The van der Waals surface area contributed by atoms with Gasteiger partial charge in [-0.05, 0) is 60.9 Å². The summed E-state index contributed by atoms with van der Waals surface area (Å²) in [5.74, 6) is -8.42. The minimum absolute atomic E-state index is 0.00256. The second-order valence-corrected chi connectivity index (χ2v) is 15.5. The maximum atomic E-state index is 14.9. The highest BCUT2D eigenvalue weighted by molar-refractivity contribution is 6.12. The molecular weight excluding hydrogens is 811 g/mol. The highest BCUT2D eigenvalue weighted by Gasteiger charge is 2.43. The van der Waals surface area contributed by atoms with Gasteiger partial charge >= 0.3 is 12.1 Å². The highest BCUT2D eigenvalue weighted by Crippen LogP contribution is 2.41. The minimum atomic E-state index is -5.37. The van der Waals surface area contributed by atoms with Crippen LogP contribution in [0.1, 0.15) is 63.6 Å². The molecular formula is C42H49F5N6O8. The molecule has 3 aromatic rings. The fraction of sp³-hybridized carbons (Fsp3) is 0.429. The topological polar surface area (TPSA) is 202 Å². The average Bonchev–Trinajstić information content (AvgIpc) is 3.74. The van der Waals surface area contributed by atoms with Gasteiger partial charge in [-0.25, -0.2) is 13.6 Å². The van der Waals surface area contributed by atoms with E-state index in [1.165, 1.54) is 0 Å². The second-order valence-electron chi connectivity index (χ2n) is 15.5. The lowest BCUT2D eigenvalue weighted by Crippen LogP contribution is -2.48. The lowest BCUT2D eigenvalue weighted by molar-refractivity contribution is -0.205. The third-order valence-corrected chi connectivity index (χ3v) is 9.79. The molecule has 0 radical (unpaired) electrons. The van der Waals surface area contributed by atoms with Crippen LogP contribution >= 0.6 is 0 Å². The first-order valence-corrected chi connectivity index (χ1v) is 19.4. The van der Waals surface area contributed by atoms with E-state index in [1.807, 2.05) is 51.1 Å². The molecule has 6 N–H and O–H groups in total. The van der Waals surface area contributed by atoms with Crippen molar-refractivity contribution >= 4 is 35.5 Å². The van der Waals surface area contributed by atoms with Gasteiger partial charge < -0.3 is 36.1 Å². The van der Waals surface area contributed by atoms with Gasteiger partial charge in [0.25, 0.3) is 17.7 Å². The van der Waals surface area contributed by atoms with Crippen molar-refractivity contribution in [1.29, 1.82) is 0 Å². The molecule has 0 bridgehead atoms. The van der Waals surface area contributed by atoms with Gasteiger partial charge in [-0.2, -0.15) is 13.2 Å². The van der Waals surface area contributed by atoms with Crippen LogP contribution in [-0.4, -0.2) is 101 Å². The van der Waals surface area contributed by atoms with Gasteiger partial charge in [-0.3, -0.25) is 28.9 Å². The number of aliphatic hydroxyl groups is 1. The van der Waals surface area contributed by atoms with Crippen molar-refractivity contribution in [3.8, 4) is 11.1 Å². The molecule has 2 aromatic carbocycles. The smallest absolute Gasteiger partial charge is 0.446 e. The van der Waals surface area contributed by atoms with E-state index < -0.39 is 82.9 Å². The molecule has 0 saturated carbocycles. The number of amides is 5. The van der Waals surface area contributed by atoms with E-state index in [0.29, 0.717) is 17.8 Å². The lowest BCUT2D eigenvalue weighted by atomic mass is 9.74. The normalized spacial score (nSPS) is 15.0. The number of nitrogens with one attached hydrogen (secondary N) is 3. The summed E-state index contributed by atoms with van der Waals surface area (Å²) in [6.45, 7) is 5.01. The van der Waals surface area contributed by atoms with Crippen molar-refractivity contribution in [2.24, 2.45) is 11.1 Å². The van der Waals surface area contributed by atoms with E-state index in [0.717, 1.165) is 40.8 Å². The van der Waals surface area contributed by atoms with Crippen molar-refractivity contribution in [2.45, 2.75) is 83.3 Å². The van der Waals surface area contributed by atoms with Crippen molar-refractivity contribution in [2.75, 3.05) is 26.2 Å². The molecule has 19 heteroatoms. The third-order valence-electron chi connectivity index (χ3n) is 9.79. The molecule has 4 atom stereocenters. The number of esters is 1. The number of ether oxygens (including phenoxy) is 1. The molecule has 0 spiro atoms. The maximum absolute atomic E-state index is 14.9. The molecule has 61 heavy (non-hydrogen) atoms. The van der Waals surface area contributed by atoms with Crippen LogP contribution in [0, 0.1) is 17.0 Å². The molecule has 1 aliphatic heterocycles. The molecule has 330 valence electrons. The number of nitrogens with zero attached hydrogens (tertiary/aromatic N) is 2. The number of carbonyl (C=O) groups is 6. The van der Waals surface area contributed by atoms with Crippen LogP contribution in [-0.2, 0) is 40.0 Å². The molecule has 4 rings (SSSR count). The number of aromatic nitrogens is 1. The quantitative estimate of drug-likeness (QED) is 0.0487. The van der Waals surface area contributed by atoms with Crippen LogP contribution in [0.5, 0.6) is 0 Å². The van der Waals surface area contributed by atoms with Crippen LogP contribution in [0.25, 0.3) is 11.1 Å². The summed E-state index contributed by atoms with van der Waals surface area (Å²) >= 11 is 0. The molecule has 1 aliphatic rings. The molecule has 5 amide bonds. The summed E-state index contributed by atoms with van der Waals surface area (Å²) in [4.78, 5) is 74.6. The summed E-state index contributed by atoms with van der Waals surface area (Å²) in [6, 6.07) is 12.8. The van der Waals surface area contributed by atoms with E-state index in [4.69, 9.17) is 5.73 Å². The van der Waals surface area contributed by atoms with Crippen LogP contribution in [0.15, 0.2) is 72.9 Å². The molecule has 0 saturated heterocycles. The van der Waals surface area contributed by atoms with Crippen molar-refractivity contribution < 1.29 is 60.6 Å². The van der Waals surface area contributed by atoms with Gasteiger partial charge in [0.05, 0.1) is 6.04 Å². The standard InChI is InChI=1S/C42H49F5N6O8/c1-41(2,3)35(31-21-26(28-22-27(43)12-13-29(28)44)24-52(31)23-25-9-5-4-6-10-25)36(56)39(59)49-17-16-30(48)37(57)50-18-19-51-38(58)32(61-40(60)42(45,46)47)11-7-8-20-53-33(54)14-15-34(53)55/h4-6,9-10,12-15,21-22,24,30,32,35-36,56H,7-8,11,16-20,23,48H2,1-3H3,(H,49,59)(H,50,57)(H,51,58)/t30-,32?,35+,36-/m0/s1. The largest absolute Gasteiger partial charge is 0.490 e. The minimum Gasteiger partial charge on any atom is -0.446 e. The molecule has 14 nitrogen and oxygen atoms in total. The number of halogens is 5. The van der Waals surface area contributed by atoms with Crippen LogP contribution in [0.3, 0.4) is 0 Å². The number of hydrogen-bond acceptors (Lipinski definition) is 9. The number of carbonyl (C=O) groups excluding carboxylic acids is 6. The predicted molar refractivity (Wildman–Crippen MR) is 211 cm³/mol. The summed E-state index contributed by atoms with van der Waals surface area (Å²) in [5.41, 5.74) is 6.95. The van der Waals surface area contributed by atoms with Gasteiger partial charge in [0.15, 0.2) is 6.10 Å². The zero-order valence-electron chi connectivity index (χ0n) is 33.8. The summed E-state index contributed by atoms with van der Waals surface area (Å²) in [6.07, 6.45) is -5.44. The van der Waals surface area contributed by atoms with E-state index >= 15 is 0 Å². The Labute approximate surface area is 348 Å². The SMILES string of the molecule is CC(C)(C)[C@H](c1cc(-c2cc(F)ccc2F)cn1Cc1ccccc1)[C@H](O)C(=O)NCC[C@H](N)C(=O)NCCNC(=O)C(CCCCN1C(=O)C=CC1=O)OC(=O)C(F)(F)F. The van der Waals surface area contributed by atoms with Crippen LogP contribution in [0.4, 0.5) is 22.0 Å². The summed E-state index contributed by atoms with van der Waals surface area (Å²) in [7, 11) is 0. The lowest BCUT2D eigenvalue weighted by Gasteiger charge is -2.35. The number of rotatable bonds is 20. The van der Waals surface area contributed by atoms with Gasteiger partial charge in [-0.1, -0.05) is 51.1 Å². The number of imide groups is 1. The molecule has 0 aliphatic carbocycles. The molecule has 1 unspecified atom stereocenters. The van der Waals surface area contributed by atoms with E-state index in [2.05, 4.69) is 20.7 Å². The maximum Gasteiger partial charge on any atom is 0.490 e. The monoisotopic (exact) mass is 860 g/mol. The highest BCUT2D eigenvalue weighted by atomic mass is 19.4. The Morgan fingerprint density at radius 2 is 1.44 bits per heavy atom. The second kappa shape index (κ2) is 21.0. The van der Waals surface area contributed by atoms with Crippen LogP contribution in [0.2, 0.25) is 0 Å². The van der Waals surface area contributed by atoms with Crippen molar-refractivity contribution in [1.82, 2.24) is 25.4 Å². The van der Waals surface area contributed by atoms with Gasteiger partial charge in [-0.15, -0.1) is 0 Å². The first-order chi connectivity index (χ1) is 28.7. The Kier molecular flexibility index (Phi) is 16.5. The molecule has 2 heterocycles. The number of aliphatic hydroxyl groups excluding tert-OH is 1. The Morgan fingerprint density at radius 3 is 2.07 bits per heavy atom. The number of alkyl halides is 3. The number of nitrogens with two attached hydrogens (primary N) is 1. The zero-order valence-corrected chi connectivity index (χ0v) is 33.8. The fourth-order valence-corrected chi connectivity index (χ4v) is 6.70. The Balaban J connectivity index is 1.31. The van der Waals surface area contributed by atoms with Gasteiger partial charge in [0.2, 0.25) is 11.8 Å². The molecule has 1 aromatic heterocycles. The first-order valence-electron chi connectivity index (χ1n) is 19.4. The van der Waals surface area contributed by atoms with Crippen molar-refractivity contribution in [3.63, 3.8) is 0 Å². The first kappa shape index (κ1) is 47.7. The Morgan fingerprint density at radius 1 is 0.820 bits per heavy atom.